The van der Waals surface area contributed by atoms with Crippen LogP contribution in [0.1, 0.15) is 25.8 Å². The van der Waals surface area contributed by atoms with Crippen molar-refractivity contribution in [3.63, 3.8) is 0 Å². The third kappa shape index (κ3) is 4.67. The van der Waals surface area contributed by atoms with Crippen LogP contribution in [0.5, 0.6) is 0 Å². The molecule has 1 atom stereocenters. The van der Waals surface area contributed by atoms with Crippen LogP contribution in [0.25, 0.3) is 0 Å². The molecule has 98 valence electrons. The second-order valence-electron chi connectivity index (χ2n) is 4.51. The Kier molecular flexibility index (Phi) is 6.17. The highest BCUT2D eigenvalue weighted by molar-refractivity contribution is 9.10. The fraction of sp³-hybridized carbons (Fsp3) is 0.500. The van der Waals surface area contributed by atoms with Gasteiger partial charge in [0.2, 0.25) is 0 Å². The van der Waals surface area contributed by atoms with Gasteiger partial charge in [0.25, 0.3) is 0 Å². The first kappa shape index (κ1) is 15.0. The molecule has 0 radical (unpaired) electrons. The Balaban J connectivity index is 2.49. The standard InChI is InChI=1S/C14H20BrN3/c1-4-11(2)18(3)6-5-17-14-8-12(10-16)7-13(15)9-14/h7-9,11,17H,4-6H2,1-3H3. The zero-order valence-corrected chi connectivity index (χ0v) is 12.8. The molecule has 0 aliphatic heterocycles. The number of likely N-dealkylation sites (N-methyl/N-ethyl adjacent to an activating group) is 1. The topological polar surface area (TPSA) is 39.1 Å². The maximum absolute atomic E-state index is 8.90. The summed E-state index contributed by atoms with van der Waals surface area (Å²) in [6.07, 6.45) is 1.16. The van der Waals surface area contributed by atoms with Crippen molar-refractivity contribution in [3.05, 3.63) is 28.2 Å². The Bertz CT molecular complexity index is 426. The average Bonchev–Trinajstić information content (AvgIpc) is 2.36. The molecular weight excluding hydrogens is 290 g/mol. The largest absolute Gasteiger partial charge is 0.384 e. The quantitative estimate of drug-likeness (QED) is 0.874. The maximum Gasteiger partial charge on any atom is 0.0992 e. The van der Waals surface area contributed by atoms with Crippen LogP contribution >= 0.6 is 15.9 Å². The maximum atomic E-state index is 8.90. The Hall–Kier alpha value is -1.05. The van der Waals surface area contributed by atoms with E-state index in [-0.39, 0.29) is 0 Å². The predicted octanol–water partition coefficient (Wildman–Crippen LogP) is 3.46. The fourth-order valence-corrected chi connectivity index (χ4v) is 2.16. The van der Waals surface area contributed by atoms with Gasteiger partial charge in [-0.15, -0.1) is 0 Å². The van der Waals surface area contributed by atoms with E-state index in [2.05, 4.69) is 53.1 Å². The van der Waals surface area contributed by atoms with Gasteiger partial charge in [-0.1, -0.05) is 22.9 Å². The summed E-state index contributed by atoms with van der Waals surface area (Å²) in [5.74, 6) is 0. The lowest BCUT2D eigenvalue weighted by molar-refractivity contribution is 0.261. The molecule has 0 spiro atoms. The lowest BCUT2D eigenvalue weighted by Gasteiger charge is -2.23. The number of rotatable bonds is 6. The van der Waals surface area contributed by atoms with Gasteiger partial charge in [-0.05, 0) is 38.6 Å². The van der Waals surface area contributed by atoms with E-state index in [9.17, 15) is 0 Å². The van der Waals surface area contributed by atoms with Gasteiger partial charge < -0.3 is 10.2 Å². The molecule has 0 saturated heterocycles. The number of anilines is 1. The fourth-order valence-electron chi connectivity index (χ4n) is 1.66. The lowest BCUT2D eigenvalue weighted by Crippen LogP contribution is -2.32. The molecule has 18 heavy (non-hydrogen) atoms. The van der Waals surface area contributed by atoms with Gasteiger partial charge in [-0.3, -0.25) is 0 Å². The molecule has 1 aromatic rings. The minimum absolute atomic E-state index is 0.601. The molecule has 1 aromatic carbocycles. The Morgan fingerprint density at radius 1 is 1.44 bits per heavy atom. The molecule has 0 bridgehead atoms. The molecule has 0 saturated carbocycles. The van der Waals surface area contributed by atoms with Crippen molar-refractivity contribution in [2.24, 2.45) is 0 Å². The Labute approximate surface area is 118 Å². The average molecular weight is 310 g/mol. The van der Waals surface area contributed by atoms with E-state index < -0.39 is 0 Å². The van der Waals surface area contributed by atoms with Crippen molar-refractivity contribution in [1.82, 2.24) is 4.90 Å². The normalized spacial score (nSPS) is 12.2. The summed E-state index contributed by atoms with van der Waals surface area (Å²) in [4.78, 5) is 2.33. The van der Waals surface area contributed by atoms with Crippen LogP contribution in [0.2, 0.25) is 0 Å². The van der Waals surface area contributed by atoms with Gasteiger partial charge in [-0.2, -0.15) is 5.26 Å². The molecule has 1 rings (SSSR count). The monoisotopic (exact) mass is 309 g/mol. The summed E-state index contributed by atoms with van der Waals surface area (Å²) in [6, 6.07) is 8.43. The molecule has 0 aromatic heterocycles. The number of hydrogen-bond donors (Lipinski definition) is 1. The van der Waals surface area contributed by atoms with Crippen LogP contribution in [0.3, 0.4) is 0 Å². The zero-order valence-electron chi connectivity index (χ0n) is 11.2. The van der Waals surface area contributed by atoms with E-state index in [1.165, 1.54) is 0 Å². The summed E-state index contributed by atoms with van der Waals surface area (Å²) >= 11 is 3.41. The van der Waals surface area contributed by atoms with Gasteiger partial charge in [0, 0.05) is 29.3 Å². The third-order valence-corrected chi connectivity index (χ3v) is 3.62. The first-order valence-corrected chi connectivity index (χ1v) is 7.01. The first-order valence-electron chi connectivity index (χ1n) is 6.21. The summed E-state index contributed by atoms with van der Waals surface area (Å²) < 4.78 is 0.930. The van der Waals surface area contributed by atoms with Crippen molar-refractivity contribution in [2.75, 3.05) is 25.5 Å². The lowest BCUT2D eigenvalue weighted by atomic mass is 10.2. The number of nitrogens with one attached hydrogen (secondary N) is 1. The van der Waals surface area contributed by atoms with Crippen LogP contribution in [0.15, 0.2) is 22.7 Å². The molecule has 0 amide bonds. The van der Waals surface area contributed by atoms with Crippen molar-refractivity contribution in [3.8, 4) is 6.07 Å². The van der Waals surface area contributed by atoms with Crippen LogP contribution in [0, 0.1) is 11.3 Å². The second kappa shape index (κ2) is 7.40. The van der Waals surface area contributed by atoms with Crippen LogP contribution < -0.4 is 5.32 Å². The SMILES string of the molecule is CCC(C)N(C)CCNc1cc(Br)cc(C#N)c1. The zero-order chi connectivity index (χ0) is 13.5. The van der Waals surface area contributed by atoms with E-state index in [1.54, 1.807) is 0 Å². The number of nitrogens with zero attached hydrogens (tertiary/aromatic N) is 2. The van der Waals surface area contributed by atoms with Crippen molar-refractivity contribution < 1.29 is 0 Å². The van der Waals surface area contributed by atoms with E-state index in [0.717, 1.165) is 29.7 Å². The number of halogens is 1. The smallest absolute Gasteiger partial charge is 0.0992 e. The van der Waals surface area contributed by atoms with E-state index in [0.29, 0.717) is 11.6 Å². The molecule has 0 aliphatic rings. The van der Waals surface area contributed by atoms with Gasteiger partial charge >= 0.3 is 0 Å². The summed E-state index contributed by atoms with van der Waals surface area (Å²) in [7, 11) is 2.14. The molecule has 1 unspecified atom stereocenters. The predicted molar refractivity (Wildman–Crippen MR) is 79.7 cm³/mol. The van der Waals surface area contributed by atoms with Crippen molar-refractivity contribution in [1.29, 1.82) is 5.26 Å². The third-order valence-electron chi connectivity index (χ3n) is 3.16. The van der Waals surface area contributed by atoms with Gasteiger partial charge in [0.1, 0.15) is 0 Å². The number of nitriles is 1. The molecule has 1 N–H and O–H groups in total. The molecule has 4 heteroatoms. The van der Waals surface area contributed by atoms with Crippen LogP contribution in [0.4, 0.5) is 5.69 Å². The molecule has 0 heterocycles. The van der Waals surface area contributed by atoms with Crippen molar-refractivity contribution >= 4 is 21.6 Å². The highest BCUT2D eigenvalue weighted by Gasteiger charge is 2.05. The molecule has 3 nitrogen and oxygen atoms in total. The van der Waals surface area contributed by atoms with Gasteiger partial charge in [0.15, 0.2) is 0 Å². The van der Waals surface area contributed by atoms with E-state index >= 15 is 0 Å². The van der Waals surface area contributed by atoms with E-state index in [1.807, 2.05) is 18.2 Å². The number of benzene rings is 1. The Morgan fingerprint density at radius 2 is 2.17 bits per heavy atom. The second-order valence-corrected chi connectivity index (χ2v) is 5.42. The summed E-state index contributed by atoms with van der Waals surface area (Å²) in [5.41, 5.74) is 1.65. The first-order chi connectivity index (χ1) is 8.56. The number of hydrogen-bond acceptors (Lipinski definition) is 3. The Morgan fingerprint density at radius 3 is 2.78 bits per heavy atom. The van der Waals surface area contributed by atoms with Crippen LogP contribution in [-0.4, -0.2) is 31.1 Å². The minimum Gasteiger partial charge on any atom is -0.384 e. The summed E-state index contributed by atoms with van der Waals surface area (Å²) in [6.45, 7) is 6.29. The highest BCUT2D eigenvalue weighted by atomic mass is 79.9. The van der Waals surface area contributed by atoms with Gasteiger partial charge in [-0.25, -0.2) is 0 Å². The minimum atomic E-state index is 0.601. The van der Waals surface area contributed by atoms with Gasteiger partial charge in [0.05, 0.1) is 11.6 Å². The summed E-state index contributed by atoms with van der Waals surface area (Å²) in [5, 5.41) is 12.2. The van der Waals surface area contributed by atoms with Crippen LogP contribution in [-0.2, 0) is 0 Å². The van der Waals surface area contributed by atoms with Crippen molar-refractivity contribution in [2.45, 2.75) is 26.3 Å². The molecule has 0 aliphatic carbocycles. The van der Waals surface area contributed by atoms with E-state index in [4.69, 9.17) is 5.26 Å². The molecular formula is C14H20BrN3. The highest BCUT2D eigenvalue weighted by Crippen LogP contribution is 2.19. The molecule has 0 fully saturated rings.